The Labute approximate surface area is 185 Å². The summed E-state index contributed by atoms with van der Waals surface area (Å²) >= 11 is 1.66. The van der Waals surface area contributed by atoms with Crippen LogP contribution in [0.25, 0.3) is 21.3 Å². The Morgan fingerprint density at radius 2 is 1.81 bits per heavy atom. The van der Waals surface area contributed by atoms with Crippen LogP contribution in [0.15, 0.2) is 60.2 Å². The van der Waals surface area contributed by atoms with Crippen LogP contribution in [0.3, 0.4) is 0 Å². The molecule has 0 aliphatic carbocycles. The molecule has 1 aliphatic heterocycles. The number of nitrogens with zero attached hydrogens (tertiary/aromatic N) is 5. The average molecular weight is 433 g/mol. The van der Waals surface area contributed by atoms with Crippen LogP contribution in [0.4, 0.5) is 17.5 Å². The SMILES string of the molecule is OCCN1CCN(c2ccc(Nc3ncc4scc(-c5ccccc5)c4n3)cn2)CC1. The van der Waals surface area contributed by atoms with Crippen LogP contribution in [0.2, 0.25) is 0 Å². The van der Waals surface area contributed by atoms with Gasteiger partial charge in [-0.1, -0.05) is 30.3 Å². The Balaban J connectivity index is 1.30. The summed E-state index contributed by atoms with van der Waals surface area (Å²) in [7, 11) is 0. The molecule has 0 unspecified atom stereocenters. The van der Waals surface area contributed by atoms with Gasteiger partial charge < -0.3 is 15.3 Å². The first kappa shape index (κ1) is 19.9. The van der Waals surface area contributed by atoms with E-state index in [1.807, 2.05) is 42.7 Å². The van der Waals surface area contributed by atoms with E-state index in [9.17, 15) is 0 Å². The molecule has 0 spiro atoms. The quantitative estimate of drug-likeness (QED) is 0.482. The number of hydrogen-bond donors (Lipinski definition) is 2. The van der Waals surface area contributed by atoms with E-state index in [2.05, 4.69) is 42.6 Å². The molecule has 1 saturated heterocycles. The largest absolute Gasteiger partial charge is 0.395 e. The predicted octanol–water partition coefficient (Wildman–Crippen LogP) is 3.61. The molecule has 0 atom stereocenters. The minimum absolute atomic E-state index is 0.213. The lowest BCUT2D eigenvalue weighted by Crippen LogP contribution is -2.47. The van der Waals surface area contributed by atoms with Crippen molar-refractivity contribution in [1.29, 1.82) is 0 Å². The van der Waals surface area contributed by atoms with Gasteiger partial charge in [0.25, 0.3) is 0 Å². The number of aliphatic hydroxyl groups is 1. The third-order valence-electron chi connectivity index (χ3n) is 5.52. The van der Waals surface area contributed by atoms with E-state index in [0.717, 1.165) is 65.6 Å². The van der Waals surface area contributed by atoms with E-state index in [-0.39, 0.29) is 6.61 Å². The Morgan fingerprint density at radius 1 is 0.968 bits per heavy atom. The Morgan fingerprint density at radius 3 is 2.55 bits per heavy atom. The van der Waals surface area contributed by atoms with Gasteiger partial charge in [-0.25, -0.2) is 15.0 Å². The topological polar surface area (TPSA) is 77.4 Å². The summed E-state index contributed by atoms with van der Waals surface area (Å²) in [4.78, 5) is 18.4. The minimum atomic E-state index is 0.213. The van der Waals surface area contributed by atoms with Crippen LogP contribution in [0.5, 0.6) is 0 Å². The van der Waals surface area contributed by atoms with Crippen molar-refractivity contribution in [1.82, 2.24) is 19.9 Å². The summed E-state index contributed by atoms with van der Waals surface area (Å²) in [5, 5.41) is 14.5. The molecule has 7 nitrogen and oxygen atoms in total. The number of β-amino-alcohol motifs (C(OH)–C–C–N with tert-alkyl or cyclic N) is 1. The predicted molar refractivity (Wildman–Crippen MR) is 126 cm³/mol. The standard InChI is InChI=1S/C23H24N6OS/c30-13-12-28-8-10-29(11-9-28)21-7-6-18(14-24-21)26-23-25-15-20-22(27-23)19(16-31-20)17-4-2-1-3-5-17/h1-7,14-16,30H,8-13H2,(H,25,26,27). The lowest BCUT2D eigenvalue weighted by molar-refractivity contribution is 0.188. The number of thiophene rings is 1. The summed E-state index contributed by atoms with van der Waals surface area (Å²) in [6.07, 6.45) is 3.70. The second-order valence-electron chi connectivity index (χ2n) is 7.50. The van der Waals surface area contributed by atoms with Crippen LogP contribution < -0.4 is 10.2 Å². The van der Waals surface area contributed by atoms with E-state index in [1.54, 1.807) is 11.3 Å². The Bertz CT molecular complexity index is 1140. The lowest BCUT2D eigenvalue weighted by Gasteiger charge is -2.35. The number of anilines is 3. The molecule has 4 aromatic rings. The first-order chi connectivity index (χ1) is 15.3. The number of hydrogen-bond acceptors (Lipinski definition) is 8. The summed E-state index contributed by atoms with van der Waals surface area (Å²) < 4.78 is 1.07. The minimum Gasteiger partial charge on any atom is -0.395 e. The number of aromatic nitrogens is 3. The fourth-order valence-corrected chi connectivity index (χ4v) is 4.70. The third-order valence-corrected chi connectivity index (χ3v) is 6.42. The molecular formula is C23H24N6OS. The zero-order valence-corrected chi connectivity index (χ0v) is 17.9. The van der Waals surface area contributed by atoms with Gasteiger partial charge in [0.2, 0.25) is 5.95 Å². The van der Waals surface area contributed by atoms with Crippen LogP contribution in [0, 0.1) is 0 Å². The molecule has 0 amide bonds. The van der Waals surface area contributed by atoms with Gasteiger partial charge in [-0.15, -0.1) is 11.3 Å². The first-order valence-electron chi connectivity index (χ1n) is 10.4. The third kappa shape index (κ3) is 4.36. The summed E-state index contributed by atoms with van der Waals surface area (Å²) in [6, 6.07) is 14.3. The number of fused-ring (bicyclic) bond motifs is 1. The second-order valence-corrected chi connectivity index (χ2v) is 8.42. The Kier molecular flexibility index (Phi) is 5.75. The van der Waals surface area contributed by atoms with Crippen molar-refractivity contribution in [2.24, 2.45) is 0 Å². The van der Waals surface area contributed by atoms with Crippen LogP contribution in [-0.2, 0) is 0 Å². The zero-order valence-electron chi connectivity index (χ0n) is 17.1. The highest BCUT2D eigenvalue weighted by Gasteiger charge is 2.17. The number of aliphatic hydroxyl groups excluding tert-OH is 1. The van der Waals surface area contributed by atoms with E-state index in [0.29, 0.717) is 5.95 Å². The maximum atomic E-state index is 9.09. The molecule has 4 heterocycles. The molecular weight excluding hydrogens is 408 g/mol. The van der Waals surface area contributed by atoms with Gasteiger partial charge in [0.05, 0.1) is 34.9 Å². The fraction of sp³-hybridized carbons (Fsp3) is 0.261. The van der Waals surface area contributed by atoms with E-state index in [1.165, 1.54) is 0 Å². The summed E-state index contributed by atoms with van der Waals surface area (Å²) in [5.41, 5.74) is 4.10. The summed E-state index contributed by atoms with van der Waals surface area (Å²) in [5.74, 6) is 1.53. The Hall–Kier alpha value is -3.07. The van der Waals surface area contributed by atoms with Gasteiger partial charge in [0.1, 0.15) is 5.82 Å². The summed E-state index contributed by atoms with van der Waals surface area (Å²) in [6.45, 7) is 4.68. The smallest absolute Gasteiger partial charge is 0.227 e. The first-order valence-corrected chi connectivity index (χ1v) is 11.3. The maximum Gasteiger partial charge on any atom is 0.227 e. The maximum absolute atomic E-state index is 9.09. The van der Waals surface area contributed by atoms with E-state index >= 15 is 0 Å². The van der Waals surface area contributed by atoms with E-state index < -0.39 is 0 Å². The molecule has 1 fully saturated rings. The molecule has 31 heavy (non-hydrogen) atoms. The molecule has 0 radical (unpaired) electrons. The van der Waals surface area contributed by atoms with Crippen molar-refractivity contribution in [3.05, 3.63) is 60.2 Å². The molecule has 8 heteroatoms. The second kappa shape index (κ2) is 8.97. The van der Waals surface area contributed by atoms with Crippen LogP contribution >= 0.6 is 11.3 Å². The lowest BCUT2D eigenvalue weighted by atomic mass is 10.1. The van der Waals surface area contributed by atoms with Crippen molar-refractivity contribution in [3.63, 3.8) is 0 Å². The van der Waals surface area contributed by atoms with Gasteiger partial charge >= 0.3 is 0 Å². The van der Waals surface area contributed by atoms with Gasteiger partial charge in [-0.3, -0.25) is 4.90 Å². The number of nitrogens with one attached hydrogen (secondary N) is 1. The van der Waals surface area contributed by atoms with Crippen LogP contribution in [-0.4, -0.2) is 64.3 Å². The van der Waals surface area contributed by atoms with Gasteiger partial charge in [-0.05, 0) is 17.7 Å². The molecule has 0 bridgehead atoms. The molecule has 1 aromatic carbocycles. The van der Waals surface area contributed by atoms with Crippen molar-refractivity contribution >= 4 is 39.0 Å². The molecule has 3 aromatic heterocycles. The molecule has 158 valence electrons. The van der Waals surface area contributed by atoms with E-state index in [4.69, 9.17) is 10.1 Å². The van der Waals surface area contributed by atoms with Gasteiger partial charge in [0.15, 0.2) is 0 Å². The zero-order chi connectivity index (χ0) is 21.0. The van der Waals surface area contributed by atoms with Crippen molar-refractivity contribution < 1.29 is 5.11 Å². The van der Waals surface area contributed by atoms with Crippen LogP contribution in [0.1, 0.15) is 0 Å². The highest BCUT2D eigenvalue weighted by atomic mass is 32.1. The fourth-order valence-electron chi connectivity index (χ4n) is 3.83. The average Bonchev–Trinajstić information content (AvgIpc) is 3.24. The highest BCUT2D eigenvalue weighted by Crippen LogP contribution is 2.33. The van der Waals surface area contributed by atoms with Crippen molar-refractivity contribution in [2.45, 2.75) is 0 Å². The molecule has 2 N–H and O–H groups in total. The number of benzene rings is 1. The number of rotatable bonds is 6. The van der Waals surface area contributed by atoms with Crippen molar-refractivity contribution in [3.8, 4) is 11.1 Å². The number of piperazine rings is 1. The molecule has 0 saturated carbocycles. The number of pyridine rings is 1. The molecule has 1 aliphatic rings. The van der Waals surface area contributed by atoms with Gasteiger partial charge in [-0.2, -0.15) is 0 Å². The van der Waals surface area contributed by atoms with Crippen molar-refractivity contribution in [2.75, 3.05) is 49.5 Å². The molecule has 5 rings (SSSR count). The normalized spacial score (nSPS) is 14.8. The monoisotopic (exact) mass is 432 g/mol. The van der Waals surface area contributed by atoms with Gasteiger partial charge in [0, 0.05) is 43.7 Å². The highest BCUT2D eigenvalue weighted by molar-refractivity contribution is 7.17.